The second-order valence-electron chi connectivity index (χ2n) is 2.73. The van der Waals surface area contributed by atoms with E-state index in [0.717, 1.165) is 12.4 Å². The highest BCUT2D eigenvalue weighted by Gasteiger charge is 2.05. The molecule has 1 N–H and O–H groups in total. The molecule has 0 aromatic carbocycles. The summed E-state index contributed by atoms with van der Waals surface area (Å²) in [7, 11) is -0.877. The normalized spacial score (nSPS) is 12.1. The molecule has 0 saturated heterocycles. The number of nitrogens with zero attached hydrogens (tertiary/aromatic N) is 3. The Hall–Kier alpha value is -1.57. The molecule has 1 atom stereocenters. The summed E-state index contributed by atoms with van der Waals surface area (Å²) in [5, 5.41) is 13.1. The van der Waals surface area contributed by atoms with Gasteiger partial charge in [0.2, 0.25) is 5.95 Å². The van der Waals surface area contributed by atoms with Crippen LogP contribution in [0.4, 0.5) is 11.6 Å². The molecule has 0 aliphatic heterocycles. The first-order valence-electron chi connectivity index (χ1n) is 4.10. The van der Waals surface area contributed by atoms with Crippen molar-refractivity contribution in [3.8, 4) is 0 Å². The van der Waals surface area contributed by atoms with Gasteiger partial charge in [0.05, 0.1) is 4.92 Å². The zero-order valence-corrected chi connectivity index (χ0v) is 8.86. The van der Waals surface area contributed by atoms with E-state index in [1.807, 2.05) is 0 Å². The van der Waals surface area contributed by atoms with E-state index in [1.54, 1.807) is 6.26 Å². The summed E-state index contributed by atoms with van der Waals surface area (Å²) in [4.78, 5) is 17.2. The van der Waals surface area contributed by atoms with Crippen LogP contribution >= 0.6 is 0 Å². The fraction of sp³-hybridized carbons (Fsp3) is 0.429. The van der Waals surface area contributed by atoms with E-state index >= 15 is 0 Å². The average molecular weight is 230 g/mol. The second kappa shape index (κ2) is 5.35. The molecule has 0 fully saturated rings. The maximum atomic E-state index is 10.7. The zero-order valence-electron chi connectivity index (χ0n) is 8.04. The van der Waals surface area contributed by atoms with Crippen LogP contribution in [-0.2, 0) is 10.8 Å². The third kappa shape index (κ3) is 3.98. The average Bonchev–Trinajstić information content (AvgIpc) is 2.18. The number of hydrogen-bond acceptors (Lipinski definition) is 6. The molecule has 1 aromatic rings. The summed E-state index contributed by atoms with van der Waals surface area (Å²) in [6.07, 6.45) is 3.84. The number of aromatic nitrogens is 2. The minimum Gasteiger partial charge on any atom is -0.353 e. The van der Waals surface area contributed by atoms with E-state index in [-0.39, 0.29) is 5.69 Å². The summed E-state index contributed by atoms with van der Waals surface area (Å²) in [6, 6.07) is 0. The lowest BCUT2D eigenvalue weighted by Gasteiger charge is -2.01. The van der Waals surface area contributed by atoms with Gasteiger partial charge in [-0.3, -0.25) is 14.3 Å². The number of nitro groups is 1. The first-order chi connectivity index (χ1) is 7.09. The molecule has 1 rings (SSSR count). The molecule has 1 heterocycles. The third-order valence-corrected chi connectivity index (χ3v) is 2.30. The van der Waals surface area contributed by atoms with Crippen molar-refractivity contribution >= 4 is 22.4 Å². The summed E-state index contributed by atoms with van der Waals surface area (Å²) in [6.45, 7) is 0.473. The van der Waals surface area contributed by atoms with Crippen LogP contribution in [-0.4, -0.2) is 37.7 Å². The van der Waals surface area contributed by atoms with Crippen LogP contribution in [0.2, 0.25) is 0 Å². The van der Waals surface area contributed by atoms with Crippen LogP contribution in [0.1, 0.15) is 0 Å². The smallest absolute Gasteiger partial charge is 0.305 e. The molecule has 1 unspecified atom stereocenters. The molecule has 15 heavy (non-hydrogen) atoms. The summed E-state index contributed by atoms with van der Waals surface area (Å²) in [5.74, 6) is 0.784. The van der Waals surface area contributed by atoms with Gasteiger partial charge in [-0.05, 0) is 0 Å². The van der Waals surface area contributed by atoms with E-state index in [1.165, 1.54) is 0 Å². The van der Waals surface area contributed by atoms with Crippen molar-refractivity contribution in [2.24, 2.45) is 0 Å². The highest BCUT2D eigenvalue weighted by Crippen LogP contribution is 2.07. The van der Waals surface area contributed by atoms with Crippen LogP contribution in [0.15, 0.2) is 12.4 Å². The van der Waals surface area contributed by atoms with Gasteiger partial charge in [-0.15, -0.1) is 0 Å². The van der Waals surface area contributed by atoms with Gasteiger partial charge >= 0.3 is 5.69 Å². The maximum absolute atomic E-state index is 10.7. The van der Waals surface area contributed by atoms with Crippen molar-refractivity contribution in [2.45, 2.75) is 0 Å². The van der Waals surface area contributed by atoms with Crippen molar-refractivity contribution in [3.05, 3.63) is 22.5 Å². The largest absolute Gasteiger partial charge is 0.353 e. The Morgan fingerprint density at radius 3 is 2.60 bits per heavy atom. The topological polar surface area (TPSA) is 98.0 Å². The Bertz CT molecular complexity index is 367. The van der Waals surface area contributed by atoms with Crippen LogP contribution in [0.3, 0.4) is 0 Å². The summed E-state index contributed by atoms with van der Waals surface area (Å²) < 4.78 is 10.7. The molecule has 1 aromatic heterocycles. The summed E-state index contributed by atoms with van der Waals surface area (Å²) >= 11 is 0. The van der Waals surface area contributed by atoms with Gasteiger partial charge in [-0.25, -0.2) is 9.97 Å². The predicted molar refractivity (Wildman–Crippen MR) is 56.1 cm³/mol. The SMILES string of the molecule is CS(=O)CCNc1ncc([N+](=O)[O-])cn1. The van der Waals surface area contributed by atoms with Crippen molar-refractivity contribution < 1.29 is 9.13 Å². The Kier molecular flexibility index (Phi) is 4.10. The molecular weight excluding hydrogens is 220 g/mol. The fourth-order valence-corrected chi connectivity index (χ4v) is 1.20. The van der Waals surface area contributed by atoms with Crippen molar-refractivity contribution in [1.82, 2.24) is 9.97 Å². The highest BCUT2D eigenvalue weighted by molar-refractivity contribution is 7.84. The van der Waals surface area contributed by atoms with Crippen molar-refractivity contribution in [3.63, 3.8) is 0 Å². The van der Waals surface area contributed by atoms with Crippen molar-refractivity contribution in [1.29, 1.82) is 0 Å². The first kappa shape index (κ1) is 11.5. The number of anilines is 1. The lowest BCUT2D eigenvalue weighted by molar-refractivity contribution is -0.385. The quantitative estimate of drug-likeness (QED) is 0.572. The first-order valence-corrected chi connectivity index (χ1v) is 5.82. The minimum absolute atomic E-state index is 0.153. The number of hydrogen-bond donors (Lipinski definition) is 1. The minimum atomic E-state index is -0.877. The van der Waals surface area contributed by atoms with Crippen molar-refractivity contribution in [2.75, 3.05) is 23.9 Å². The summed E-state index contributed by atoms with van der Waals surface area (Å²) in [5.41, 5.74) is -0.153. The van der Waals surface area contributed by atoms with Gasteiger partial charge in [-0.1, -0.05) is 0 Å². The Labute approximate surface area is 88.5 Å². The van der Waals surface area contributed by atoms with Crippen LogP contribution in [0.5, 0.6) is 0 Å². The predicted octanol–water partition coefficient (Wildman–Crippen LogP) is 0.175. The highest BCUT2D eigenvalue weighted by atomic mass is 32.2. The van der Waals surface area contributed by atoms with E-state index in [2.05, 4.69) is 15.3 Å². The third-order valence-electron chi connectivity index (χ3n) is 1.52. The monoisotopic (exact) mass is 230 g/mol. The molecule has 0 bridgehead atoms. The van der Waals surface area contributed by atoms with Gasteiger partial charge in [0, 0.05) is 29.4 Å². The van der Waals surface area contributed by atoms with E-state index in [4.69, 9.17) is 0 Å². The lowest BCUT2D eigenvalue weighted by Crippen LogP contribution is -2.11. The Balaban J connectivity index is 2.50. The van der Waals surface area contributed by atoms with Gasteiger partial charge in [-0.2, -0.15) is 0 Å². The maximum Gasteiger partial charge on any atom is 0.305 e. The molecule has 8 heteroatoms. The van der Waals surface area contributed by atoms with Gasteiger partial charge in [0.1, 0.15) is 12.4 Å². The number of rotatable bonds is 5. The molecule has 82 valence electrons. The standard InChI is InChI=1S/C7H10N4O3S/c1-15(14)3-2-8-7-9-4-6(5-10-7)11(12)13/h4-5H,2-3H2,1H3,(H,8,9,10). The zero-order chi connectivity index (χ0) is 11.3. The molecule has 0 amide bonds. The molecule has 0 saturated carbocycles. The van der Waals surface area contributed by atoms with Crippen LogP contribution < -0.4 is 5.32 Å². The molecule has 0 spiro atoms. The Morgan fingerprint density at radius 1 is 1.53 bits per heavy atom. The van der Waals surface area contributed by atoms with Gasteiger partial charge in [0.15, 0.2) is 0 Å². The Morgan fingerprint density at radius 2 is 2.13 bits per heavy atom. The van der Waals surface area contributed by atoms with Crippen LogP contribution in [0.25, 0.3) is 0 Å². The van der Waals surface area contributed by atoms with Gasteiger partial charge in [0.25, 0.3) is 0 Å². The molecule has 7 nitrogen and oxygen atoms in total. The van der Waals surface area contributed by atoms with Gasteiger partial charge < -0.3 is 5.32 Å². The van der Waals surface area contributed by atoms with Crippen LogP contribution in [0, 0.1) is 10.1 Å². The second-order valence-corrected chi connectivity index (χ2v) is 4.28. The molecule has 0 aliphatic carbocycles. The number of nitrogens with one attached hydrogen (secondary N) is 1. The fourth-order valence-electron chi connectivity index (χ4n) is 0.813. The molecule has 0 aliphatic rings. The van der Waals surface area contributed by atoms with E-state index in [9.17, 15) is 14.3 Å². The van der Waals surface area contributed by atoms with E-state index in [0.29, 0.717) is 18.2 Å². The van der Waals surface area contributed by atoms with E-state index < -0.39 is 15.7 Å². The molecular formula is C7H10N4O3S. The lowest BCUT2D eigenvalue weighted by atomic mass is 10.5. The molecule has 0 radical (unpaired) electrons.